The normalized spacial score (nSPS) is 17.6. The first-order chi connectivity index (χ1) is 8.96. The van der Waals surface area contributed by atoms with Crippen molar-refractivity contribution in [1.82, 2.24) is 10.6 Å². The molecule has 0 atom stereocenters. The fourth-order valence-corrected chi connectivity index (χ4v) is 2.16. The monoisotopic (exact) mass is 258 g/mol. The zero-order chi connectivity index (χ0) is 14.0. The van der Waals surface area contributed by atoms with Crippen LogP contribution in [0.25, 0.3) is 0 Å². The molecule has 1 heterocycles. The lowest BCUT2D eigenvalue weighted by atomic mass is 9.73. The van der Waals surface area contributed by atoms with E-state index in [2.05, 4.69) is 17.2 Å². The maximum Gasteiger partial charge on any atom is 0.328 e. The first-order valence-electron chi connectivity index (χ1n) is 5.83. The molecule has 1 aliphatic heterocycles. The fourth-order valence-electron chi connectivity index (χ4n) is 2.16. The summed E-state index contributed by atoms with van der Waals surface area (Å²) in [6, 6.07) is 8.35. The van der Waals surface area contributed by atoms with Crippen LogP contribution in [0.1, 0.15) is 12.5 Å². The summed E-state index contributed by atoms with van der Waals surface area (Å²) in [6.45, 7) is 5.35. The molecule has 5 heteroatoms. The van der Waals surface area contributed by atoms with E-state index in [1.807, 2.05) is 30.3 Å². The quantitative estimate of drug-likeness (QED) is 0.631. The number of nitrogens with one attached hydrogen (secondary N) is 2. The van der Waals surface area contributed by atoms with E-state index in [0.717, 1.165) is 5.56 Å². The lowest BCUT2D eigenvalue weighted by molar-refractivity contribution is -0.141. The van der Waals surface area contributed by atoms with Gasteiger partial charge in [-0.15, -0.1) is 0 Å². The van der Waals surface area contributed by atoms with Gasteiger partial charge in [0.05, 0.1) is 0 Å². The van der Waals surface area contributed by atoms with Gasteiger partial charge in [-0.1, -0.05) is 42.5 Å². The van der Waals surface area contributed by atoms with Crippen LogP contribution in [0.15, 0.2) is 42.5 Å². The molecule has 2 N–H and O–H groups in total. The zero-order valence-electron chi connectivity index (χ0n) is 10.5. The Morgan fingerprint density at radius 3 is 2.11 bits per heavy atom. The van der Waals surface area contributed by atoms with E-state index in [-0.39, 0.29) is 6.42 Å². The molecule has 1 fully saturated rings. The molecule has 5 nitrogen and oxygen atoms in total. The average molecular weight is 258 g/mol. The molecule has 0 radical (unpaired) electrons. The van der Waals surface area contributed by atoms with Crippen molar-refractivity contribution in [2.75, 3.05) is 0 Å². The molecule has 0 aromatic heterocycles. The molecule has 1 aliphatic rings. The van der Waals surface area contributed by atoms with Crippen molar-refractivity contribution >= 4 is 17.8 Å². The molecule has 1 aromatic rings. The Morgan fingerprint density at radius 1 is 1.11 bits per heavy atom. The molecule has 0 aliphatic carbocycles. The summed E-state index contributed by atoms with van der Waals surface area (Å²) >= 11 is 0. The standard InChI is InChI=1S/C14H14N2O3/c1-9(2)14(8-10-6-4-3-5-7-10)11(17)15-13(19)16-12(14)18/h3-7H,1,8H2,2H3,(H2,15,16,17,18,19). The van der Waals surface area contributed by atoms with Crippen molar-refractivity contribution in [2.45, 2.75) is 13.3 Å². The van der Waals surface area contributed by atoms with Crippen LogP contribution in [0.4, 0.5) is 4.79 Å². The van der Waals surface area contributed by atoms with Crippen LogP contribution >= 0.6 is 0 Å². The number of rotatable bonds is 3. The van der Waals surface area contributed by atoms with Crippen LogP contribution in [-0.4, -0.2) is 17.8 Å². The summed E-state index contributed by atoms with van der Waals surface area (Å²) in [6.07, 6.45) is 0.175. The lowest BCUT2D eigenvalue weighted by Crippen LogP contribution is -2.63. The van der Waals surface area contributed by atoms with Gasteiger partial charge >= 0.3 is 6.03 Å². The van der Waals surface area contributed by atoms with E-state index >= 15 is 0 Å². The average Bonchev–Trinajstić information content (AvgIpc) is 2.34. The second kappa shape index (κ2) is 4.68. The summed E-state index contributed by atoms with van der Waals surface area (Å²) in [7, 11) is 0. The number of urea groups is 1. The van der Waals surface area contributed by atoms with Crippen LogP contribution in [0.2, 0.25) is 0 Å². The molecule has 4 amide bonds. The number of imide groups is 2. The topological polar surface area (TPSA) is 75.3 Å². The van der Waals surface area contributed by atoms with Gasteiger partial charge < -0.3 is 0 Å². The SMILES string of the molecule is C=C(C)C1(Cc2ccccc2)C(=O)NC(=O)NC1=O. The van der Waals surface area contributed by atoms with Crippen molar-refractivity contribution in [3.8, 4) is 0 Å². The van der Waals surface area contributed by atoms with Gasteiger partial charge in [-0.3, -0.25) is 20.2 Å². The summed E-state index contributed by atoms with van der Waals surface area (Å²) in [5, 5.41) is 4.26. The number of carbonyl (C=O) groups excluding carboxylic acids is 3. The van der Waals surface area contributed by atoms with E-state index in [9.17, 15) is 14.4 Å². The van der Waals surface area contributed by atoms with E-state index < -0.39 is 23.3 Å². The molecule has 2 rings (SSSR count). The van der Waals surface area contributed by atoms with Gasteiger partial charge in [0.15, 0.2) is 5.41 Å². The number of carbonyl (C=O) groups is 3. The maximum absolute atomic E-state index is 12.1. The third-order valence-electron chi connectivity index (χ3n) is 3.27. The van der Waals surface area contributed by atoms with Gasteiger partial charge in [-0.2, -0.15) is 0 Å². The summed E-state index contributed by atoms with van der Waals surface area (Å²) in [5.74, 6) is -1.25. The van der Waals surface area contributed by atoms with Crippen molar-refractivity contribution < 1.29 is 14.4 Å². The minimum atomic E-state index is -1.44. The molecular formula is C14H14N2O3. The molecule has 19 heavy (non-hydrogen) atoms. The van der Waals surface area contributed by atoms with E-state index in [1.54, 1.807) is 6.92 Å². The number of benzene rings is 1. The fraction of sp³-hybridized carbons (Fsp3) is 0.214. The number of hydrogen-bond acceptors (Lipinski definition) is 3. The highest BCUT2D eigenvalue weighted by Crippen LogP contribution is 2.33. The van der Waals surface area contributed by atoms with E-state index in [1.165, 1.54) is 0 Å². The van der Waals surface area contributed by atoms with Gasteiger partial charge in [0.25, 0.3) is 0 Å². The Kier molecular flexibility index (Phi) is 3.21. The Labute approximate surface area is 110 Å². The molecule has 0 unspecified atom stereocenters. The van der Waals surface area contributed by atoms with Gasteiger partial charge in [-0.25, -0.2) is 4.79 Å². The third kappa shape index (κ3) is 2.14. The van der Waals surface area contributed by atoms with Gasteiger partial charge in [-0.05, 0) is 18.9 Å². The molecule has 0 saturated carbocycles. The number of hydrogen-bond donors (Lipinski definition) is 2. The summed E-state index contributed by atoms with van der Waals surface area (Å²) in [5.41, 5.74) is -0.209. The van der Waals surface area contributed by atoms with E-state index in [0.29, 0.717) is 5.57 Å². The highest BCUT2D eigenvalue weighted by molar-refractivity contribution is 6.21. The zero-order valence-corrected chi connectivity index (χ0v) is 10.5. The lowest BCUT2D eigenvalue weighted by Gasteiger charge is -2.34. The van der Waals surface area contributed by atoms with Crippen LogP contribution in [0.5, 0.6) is 0 Å². The second-order valence-electron chi connectivity index (χ2n) is 4.59. The van der Waals surface area contributed by atoms with Gasteiger partial charge in [0.2, 0.25) is 11.8 Å². The third-order valence-corrected chi connectivity index (χ3v) is 3.27. The van der Waals surface area contributed by atoms with Crippen LogP contribution in [-0.2, 0) is 16.0 Å². The molecule has 1 saturated heterocycles. The van der Waals surface area contributed by atoms with Crippen molar-refractivity contribution in [3.63, 3.8) is 0 Å². The Hall–Kier alpha value is -2.43. The van der Waals surface area contributed by atoms with Crippen LogP contribution < -0.4 is 10.6 Å². The Bertz CT molecular complexity index is 543. The van der Waals surface area contributed by atoms with Crippen molar-refractivity contribution in [3.05, 3.63) is 48.0 Å². The predicted octanol–water partition coefficient (Wildman–Crippen LogP) is 1.16. The van der Waals surface area contributed by atoms with Crippen LogP contribution in [0, 0.1) is 5.41 Å². The van der Waals surface area contributed by atoms with Gasteiger partial charge in [0, 0.05) is 0 Å². The first-order valence-corrected chi connectivity index (χ1v) is 5.83. The highest BCUT2D eigenvalue weighted by atomic mass is 16.2. The second-order valence-corrected chi connectivity index (χ2v) is 4.59. The maximum atomic E-state index is 12.1. The molecular weight excluding hydrogens is 244 g/mol. The number of barbiturate groups is 1. The summed E-state index contributed by atoms with van der Waals surface area (Å²) < 4.78 is 0. The molecule has 1 aromatic carbocycles. The first kappa shape index (κ1) is 13.0. The molecule has 0 bridgehead atoms. The summed E-state index contributed by atoms with van der Waals surface area (Å²) in [4.78, 5) is 35.4. The Morgan fingerprint density at radius 2 is 1.63 bits per heavy atom. The van der Waals surface area contributed by atoms with Gasteiger partial charge in [0.1, 0.15) is 0 Å². The minimum absolute atomic E-state index is 0.175. The largest absolute Gasteiger partial charge is 0.328 e. The van der Waals surface area contributed by atoms with Crippen LogP contribution in [0.3, 0.4) is 0 Å². The predicted molar refractivity (Wildman–Crippen MR) is 69.1 cm³/mol. The van der Waals surface area contributed by atoms with Crippen molar-refractivity contribution in [1.29, 1.82) is 0 Å². The molecule has 98 valence electrons. The highest BCUT2D eigenvalue weighted by Gasteiger charge is 2.50. The Balaban J connectivity index is 2.43. The minimum Gasteiger partial charge on any atom is -0.277 e. The molecule has 0 spiro atoms. The van der Waals surface area contributed by atoms with E-state index in [4.69, 9.17) is 0 Å². The van der Waals surface area contributed by atoms with Crippen molar-refractivity contribution in [2.24, 2.45) is 5.41 Å². The smallest absolute Gasteiger partial charge is 0.277 e. The number of amides is 4.